The fraction of sp³-hybridized carbons (Fsp3) is 0.514. The van der Waals surface area contributed by atoms with Crippen molar-refractivity contribution in [3.63, 3.8) is 0 Å². The van der Waals surface area contributed by atoms with E-state index >= 15 is 0 Å². The quantitative estimate of drug-likeness (QED) is 0.0293. The van der Waals surface area contributed by atoms with Crippen LogP contribution in [0, 0.1) is 0 Å². The van der Waals surface area contributed by atoms with Crippen LogP contribution >= 0.6 is 0 Å². The van der Waals surface area contributed by atoms with Crippen molar-refractivity contribution in [2.24, 2.45) is 0 Å². The third-order valence-electron chi connectivity index (χ3n) is 6.27. The van der Waals surface area contributed by atoms with Gasteiger partial charge >= 0.3 is 11.9 Å². The van der Waals surface area contributed by atoms with E-state index in [1.807, 2.05) is 12.2 Å². The Bertz CT molecular complexity index is 1070. The highest BCUT2D eigenvalue weighted by Crippen LogP contribution is 2.06. The average Bonchev–Trinajstić information content (AvgIpc) is 3.05. The minimum atomic E-state index is -0.957. The van der Waals surface area contributed by atoms with E-state index in [1.165, 1.54) is 0 Å². The summed E-state index contributed by atoms with van der Waals surface area (Å²) in [5, 5.41) is 23.5. The first kappa shape index (κ1) is 43.0. The smallest absolute Gasteiger partial charge is 0.330 e. The van der Waals surface area contributed by atoms with Gasteiger partial charge in [0, 0.05) is 25.0 Å². The van der Waals surface area contributed by atoms with Crippen molar-refractivity contribution in [1.82, 2.24) is 10.6 Å². The van der Waals surface area contributed by atoms with Crippen LogP contribution in [-0.2, 0) is 28.7 Å². The van der Waals surface area contributed by atoms with E-state index < -0.39 is 43.3 Å². The molecular weight excluding hydrogens is 600 g/mol. The molecule has 0 aliphatic rings. The molecule has 262 valence electrons. The Labute approximate surface area is 281 Å². The van der Waals surface area contributed by atoms with Gasteiger partial charge in [0.05, 0.1) is 19.8 Å². The van der Waals surface area contributed by atoms with Crippen LogP contribution in [0.1, 0.15) is 90.9 Å². The van der Waals surface area contributed by atoms with Crippen LogP contribution in [0.2, 0.25) is 0 Å². The second-order valence-electron chi connectivity index (χ2n) is 10.4. The van der Waals surface area contributed by atoms with E-state index in [2.05, 4.69) is 78.3 Å². The fourth-order valence-corrected chi connectivity index (χ4v) is 3.85. The number of amides is 2. The van der Waals surface area contributed by atoms with Gasteiger partial charge < -0.3 is 30.3 Å². The first-order valence-corrected chi connectivity index (χ1v) is 16.6. The topological polar surface area (TPSA) is 151 Å². The lowest BCUT2D eigenvalue weighted by Crippen LogP contribution is -2.47. The maximum atomic E-state index is 12.6. The SMILES string of the molecule is CCC=CCC=CCC=CCC=CCC=CCC=CCCC(=O)N[C@H](CCCCC(=O)OC(CO)CO)NC(=O)C=CC(=O)OCC. The Kier molecular flexibility index (Phi) is 29.2. The third kappa shape index (κ3) is 29.1. The number of hydrogen-bond acceptors (Lipinski definition) is 8. The van der Waals surface area contributed by atoms with Crippen molar-refractivity contribution in [2.75, 3.05) is 19.8 Å². The van der Waals surface area contributed by atoms with Crippen molar-refractivity contribution in [2.45, 2.75) is 103 Å². The Morgan fingerprint density at radius 3 is 1.70 bits per heavy atom. The van der Waals surface area contributed by atoms with E-state index in [-0.39, 0.29) is 25.4 Å². The van der Waals surface area contributed by atoms with Crippen LogP contribution in [0.3, 0.4) is 0 Å². The summed E-state index contributed by atoms with van der Waals surface area (Å²) >= 11 is 0. The standard InChI is InChI=1S/C37H56N2O8/c1-3-5-6-7-8-9-10-11-12-13-14-15-16-17-18-19-20-21-22-26-34(42)38-33(39-35(43)28-29-36(44)46-4-2)25-23-24-27-37(45)47-32(30-40)31-41/h5-6,8-9,11-12,14-15,17-18,20-21,28-29,32-33,40-41H,3-4,7,10,13,16,19,22-27,30-31H2,1-2H3,(H,38,42)(H,39,43)/t33-/m0/s1. The van der Waals surface area contributed by atoms with E-state index in [9.17, 15) is 19.2 Å². The molecule has 0 heterocycles. The summed E-state index contributed by atoms with van der Waals surface area (Å²) in [5.74, 6) is -2.04. The van der Waals surface area contributed by atoms with E-state index in [0.717, 1.165) is 50.7 Å². The summed E-state index contributed by atoms with van der Waals surface area (Å²) in [4.78, 5) is 48.2. The van der Waals surface area contributed by atoms with E-state index in [0.29, 0.717) is 25.7 Å². The van der Waals surface area contributed by atoms with Gasteiger partial charge in [-0.05, 0) is 71.1 Å². The molecule has 0 saturated carbocycles. The van der Waals surface area contributed by atoms with Crippen LogP contribution < -0.4 is 10.6 Å². The van der Waals surface area contributed by atoms with E-state index in [1.54, 1.807) is 6.92 Å². The normalized spacial score (nSPS) is 13.0. The Balaban J connectivity index is 4.49. The Morgan fingerprint density at radius 1 is 0.660 bits per heavy atom. The minimum absolute atomic E-state index is 0.0521. The highest BCUT2D eigenvalue weighted by atomic mass is 16.6. The predicted octanol–water partition coefficient (Wildman–Crippen LogP) is 5.60. The zero-order valence-corrected chi connectivity index (χ0v) is 28.2. The molecule has 1 atom stereocenters. The molecule has 0 aliphatic carbocycles. The number of aliphatic hydroxyl groups excluding tert-OH is 2. The van der Waals surface area contributed by atoms with Crippen molar-refractivity contribution in [3.05, 3.63) is 85.1 Å². The molecule has 0 spiro atoms. The molecule has 0 aromatic heterocycles. The molecule has 0 rings (SSSR count). The van der Waals surface area contributed by atoms with Crippen LogP contribution in [0.5, 0.6) is 0 Å². The highest BCUT2D eigenvalue weighted by molar-refractivity contribution is 5.94. The van der Waals surface area contributed by atoms with Gasteiger partial charge in [0.2, 0.25) is 11.8 Å². The minimum Gasteiger partial charge on any atom is -0.463 e. The average molecular weight is 657 g/mol. The lowest BCUT2D eigenvalue weighted by Gasteiger charge is -2.19. The molecular formula is C37H56N2O8. The molecule has 0 bridgehead atoms. The number of allylic oxidation sites excluding steroid dienone is 12. The third-order valence-corrected chi connectivity index (χ3v) is 6.27. The van der Waals surface area contributed by atoms with Crippen molar-refractivity contribution in [3.8, 4) is 0 Å². The van der Waals surface area contributed by atoms with Crippen molar-refractivity contribution >= 4 is 23.8 Å². The van der Waals surface area contributed by atoms with Crippen LogP contribution in [-0.4, -0.2) is 66.1 Å². The molecule has 0 aromatic carbocycles. The summed E-state index contributed by atoms with van der Waals surface area (Å²) in [6.07, 6.45) is 33.4. The number of rotatable bonds is 27. The van der Waals surface area contributed by atoms with Gasteiger partial charge in [0.25, 0.3) is 0 Å². The molecule has 4 N–H and O–H groups in total. The molecule has 0 unspecified atom stereocenters. The van der Waals surface area contributed by atoms with Gasteiger partial charge in [-0.2, -0.15) is 0 Å². The first-order valence-electron chi connectivity index (χ1n) is 16.6. The van der Waals surface area contributed by atoms with Crippen LogP contribution in [0.15, 0.2) is 85.1 Å². The first-order chi connectivity index (χ1) is 22.9. The molecule has 0 aromatic rings. The number of esters is 2. The molecule has 47 heavy (non-hydrogen) atoms. The van der Waals surface area contributed by atoms with Gasteiger partial charge in [-0.3, -0.25) is 14.4 Å². The van der Waals surface area contributed by atoms with Gasteiger partial charge in [-0.1, -0.05) is 79.8 Å². The van der Waals surface area contributed by atoms with Gasteiger partial charge in [-0.25, -0.2) is 4.79 Å². The Morgan fingerprint density at radius 2 is 1.19 bits per heavy atom. The lowest BCUT2D eigenvalue weighted by molar-refractivity contribution is -0.153. The molecule has 10 heteroatoms. The molecule has 2 amide bonds. The summed E-state index contributed by atoms with van der Waals surface area (Å²) in [6, 6.07) is 0. The van der Waals surface area contributed by atoms with Crippen molar-refractivity contribution < 1.29 is 38.9 Å². The number of unbranched alkanes of at least 4 members (excludes halogenated alkanes) is 1. The summed E-state index contributed by atoms with van der Waals surface area (Å²) in [6.45, 7) is 3.02. The maximum absolute atomic E-state index is 12.6. The summed E-state index contributed by atoms with van der Waals surface area (Å²) < 4.78 is 9.71. The van der Waals surface area contributed by atoms with Crippen LogP contribution in [0.4, 0.5) is 0 Å². The largest absolute Gasteiger partial charge is 0.463 e. The number of carbonyl (C=O) groups is 4. The number of ether oxygens (including phenoxy) is 2. The van der Waals surface area contributed by atoms with Gasteiger partial charge in [0.15, 0.2) is 0 Å². The molecule has 0 fully saturated rings. The fourth-order valence-electron chi connectivity index (χ4n) is 3.85. The highest BCUT2D eigenvalue weighted by Gasteiger charge is 2.16. The number of hydrogen-bond donors (Lipinski definition) is 4. The molecule has 0 saturated heterocycles. The Hall–Kier alpha value is -4.02. The van der Waals surface area contributed by atoms with Gasteiger partial charge in [0.1, 0.15) is 12.3 Å². The van der Waals surface area contributed by atoms with Crippen LogP contribution in [0.25, 0.3) is 0 Å². The number of nitrogens with one attached hydrogen (secondary N) is 2. The second-order valence-corrected chi connectivity index (χ2v) is 10.4. The summed E-state index contributed by atoms with van der Waals surface area (Å²) in [5.41, 5.74) is 0. The zero-order valence-electron chi connectivity index (χ0n) is 28.2. The van der Waals surface area contributed by atoms with Crippen molar-refractivity contribution in [1.29, 1.82) is 0 Å². The predicted molar refractivity (Wildman–Crippen MR) is 186 cm³/mol. The molecule has 10 nitrogen and oxygen atoms in total. The maximum Gasteiger partial charge on any atom is 0.330 e. The lowest BCUT2D eigenvalue weighted by atomic mass is 10.1. The summed E-state index contributed by atoms with van der Waals surface area (Å²) in [7, 11) is 0. The number of carbonyl (C=O) groups excluding carboxylic acids is 4. The van der Waals surface area contributed by atoms with E-state index in [4.69, 9.17) is 19.7 Å². The number of aliphatic hydroxyl groups is 2. The zero-order chi connectivity index (χ0) is 34.8. The second kappa shape index (κ2) is 31.9. The molecule has 0 aliphatic heterocycles. The monoisotopic (exact) mass is 656 g/mol. The molecule has 0 radical (unpaired) electrons. The van der Waals surface area contributed by atoms with Gasteiger partial charge in [-0.15, -0.1) is 0 Å².